The van der Waals surface area contributed by atoms with Crippen LogP contribution < -0.4 is 0 Å². The van der Waals surface area contributed by atoms with Gasteiger partial charge in [0.1, 0.15) is 0 Å². The van der Waals surface area contributed by atoms with Crippen molar-refractivity contribution < 1.29 is 17.2 Å². The van der Waals surface area contributed by atoms with Crippen LogP contribution in [0, 0.1) is 21.3 Å². The van der Waals surface area contributed by atoms with E-state index in [2.05, 4.69) is 78.7 Å². The molecule has 0 amide bonds. The molecule has 3 unspecified atom stereocenters. The number of halogens is 1. The van der Waals surface area contributed by atoms with Crippen LogP contribution in [0.5, 0.6) is 0 Å². The molecule has 0 aromatic heterocycles. The third kappa shape index (κ3) is 8.67. The van der Waals surface area contributed by atoms with Gasteiger partial charge in [-0.15, -0.1) is 0 Å². The second-order valence-electron chi connectivity index (χ2n) is 8.63. The Bertz CT molecular complexity index is 647. The van der Waals surface area contributed by atoms with Gasteiger partial charge in [0.25, 0.3) is 0 Å². The van der Waals surface area contributed by atoms with Gasteiger partial charge in [0.05, 0.1) is 6.10 Å². The molecule has 1 aliphatic rings. The van der Waals surface area contributed by atoms with E-state index in [1.54, 1.807) is 0 Å². The highest BCUT2D eigenvalue weighted by atomic mass is 127. The summed E-state index contributed by atoms with van der Waals surface area (Å²) in [6, 6.07) is 8.70. The monoisotopic (exact) mass is 495 g/mol. The van der Waals surface area contributed by atoms with Gasteiger partial charge in [0.2, 0.25) is 10.4 Å². The lowest BCUT2D eigenvalue weighted by Gasteiger charge is -2.37. The Labute approximate surface area is 173 Å². The van der Waals surface area contributed by atoms with E-state index in [1.807, 2.05) is 13.8 Å². The van der Waals surface area contributed by atoms with Crippen molar-refractivity contribution in [2.75, 3.05) is 0 Å². The SMILES string of the molecule is CC(C)(C)c1ccc(I)cc1.CC1CCC(C(C)C)C(OS(=O)(=O)[O-])C1. The van der Waals surface area contributed by atoms with E-state index in [9.17, 15) is 13.0 Å². The number of hydrogen-bond donors (Lipinski definition) is 0. The average Bonchev–Trinajstić information content (AvgIpc) is 2.45. The lowest BCUT2D eigenvalue weighted by molar-refractivity contribution is 0.0411. The molecule has 1 saturated carbocycles. The summed E-state index contributed by atoms with van der Waals surface area (Å²) in [6.07, 6.45) is 2.28. The quantitative estimate of drug-likeness (QED) is 0.315. The summed E-state index contributed by atoms with van der Waals surface area (Å²) >= 11 is 2.32. The molecular formula is C20H32IO4S-. The van der Waals surface area contributed by atoms with Crippen molar-refractivity contribution in [3.63, 3.8) is 0 Å². The van der Waals surface area contributed by atoms with Gasteiger partial charge < -0.3 is 4.55 Å². The van der Waals surface area contributed by atoms with Crippen LogP contribution in [0.2, 0.25) is 0 Å². The molecule has 1 aromatic rings. The zero-order valence-corrected chi connectivity index (χ0v) is 19.6. The minimum absolute atomic E-state index is 0.185. The molecule has 0 heterocycles. The zero-order chi connectivity index (χ0) is 20.1. The summed E-state index contributed by atoms with van der Waals surface area (Å²) in [4.78, 5) is 0. The molecule has 0 radical (unpaired) electrons. The smallest absolute Gasteiger partial charge is 0.217 e. The van der Waals surface area contributed by atoms with Crippen molar-refractivity contribution >= 4 is 33.0 Å². The Morgan fingerprint density at radius 3 is 2.12 bits per heavy atom. The van der Waals surface area contributed by atoms with Gasteiger partial charge in [-0.1, -0.05) is 60.1 Å². The summed E-state index contributed by atoms with van der Waals surface area (Å²) in [5.41, 5.74) is 1.68. The molecule has 0 bridgehead atoms. The number of rotatable bonds is 3. The molecule has 26 heavy (non-hydrogen) atoms. The molecule has 2 rings (SSSR count). The Kier molecular flexibility index (Phi) is 9.03. The zero-order valence-electron chi connectivity index (χ0n) is 16.7. The van der Waals surface area contributed by atoms with Gasteiger partial charge in [0.15, 0.2) is 0 Å². The number of benzene rings is 1. The van der Waals surface area contributed by atoms with Crippen molar-refractivity contribution in [2.24, 2.45) is 17.8 Å². The standard InChI is InChI=1S/C10H13I.C10H20O4S/c1-10(2,3)8-4-6-9(11)7-5-8;1-7(2)9-5-4-8(3)6-10(9)14-15(11,12)13/h4-7H,1-3H3;7-10H,4-6H2,1-3H3,(H,11,12,13)/p-1. The minimum atomic E-state index is -4.56. The van der Waals surface area contributed by atoms with Crippen LogP contribution in [-0.2, 0) is 20.0 Å². The van der Waals surface area contributed by atoms with Crippen molar-refractivity contribution in [3.8, 4) is 0 Å². The highest BCUT2D eigenvalue weighted by molar-refractivity contribution is 14.1. The topological polar surface area (TPSA) is 66.4 Å². The average molecular weight is 495 g/mol. The highest BCUT2D eigenvalue weighted by Gasteiger charge is 2.32. The Balaban J connectivity index is 0.000000273. The van der Waals surface area contributed by atoms with Gasteiger partial charge in [-0.2, -0.15) is 0 Å². The predicted octanol–water partition coefficient (Wildman–Crippen LogP) is 5.51. The Hall–Kier alpha value is -0.180. The second kappa shape index (κ2) is 9.85. The molecule has 0 saturated heterocycles. The fraction of sp³-hybridized carbons (Fsp3) is 0.700. The van der Waals surface area contributed by atoms with E-state index in [-0.39, 0.29) is 11.3 Å². The van der Waals surface area contributed by atoms with Crippen LogP contribution in [0.15, 0.2) is 24.3 Å². The maximum atomic E-state index is 10.6. The van der Waals surface area contributed by atoms with Gasteiger partial charge in [-0.05, 0) is 76.3 Å². The summed E-state index contributed by atoms with van der Waals surface area (Å²) in [5, 5.41) is 0. The molecule has 1 aromatic carbocycles. The predicted molar refractivity (Wildman–Crippen MR) is 114 cm³/mol. The normalized spacial score (nSPS) is 24.1. The van der Waals surface area contributed by atoms with Crippen LogP contribution in [0.1, 0.15) is 66.4 Å². The third-order valence-corrected chi connectivity index (χ3v) is 6.12. The first-order valence-electron chi connectivity index (χ1n) is 9.19. The minimum Gasteiger partial charge on any atom is -0.726 e. The summed E-state index contributed by atoms with van der Waals surface area (Å²) in [7, 11) is -4.56. The lowest BCUT2D eigenvalue weighted by atomic mass is 9.75. The van der Waals surface area contributed by atoms with Gasteiger partial charge in [-0.25, -0.2) is 8.42 Å². The van der Waals surface area contributed by atoms with Crippen LogP contribution in [0.4, 0.5) is 0 Å². The fourth-order valence-electron chi connectivity index (χ4n) is 3.33. The van der Waals surface area contributed by atoms with Crippen LogP contribution in [0.3, 0.4) is 0 Å². The number of hydrogen-bond acceptors (Lipinski definition) is 4. The van der Waals surface area contributed by atoms with Gasteiger partial charge >= 0.3 is 0 Å². The molecule has 0 N–H and O–H groups in total. The Morgan fingerprint density at radius 2 is 1.69 bits per heavy atom. The van der Waals surface area contributed by atoms with E-state index >= 15 is 0 Å². The summed E-state index contributed by atoms with van der Waals surface area (Å²) in [5.74, 6) is 0.973. The van der Waals surface area contributed by atoms with E-state index in [0.717, 1.165) is 12.8 Å². The van der Waals surface area contributed by atoms with Crippen LogP contribution >= 0.6 is 22.6 Å². The molecule has 0 spiro atoms. The maximum absolute atomic E-state index is 10.6. The van der Waals surface area contributed by atoms with E-state index in [4.69, 9.17) is 0 Å². The van der Waals surface area contributed by atoms with Gasteiger partial charge in [0, 0.05) is 3.57 Å². The highest BCUT2D eigenvalue weighted by Crippen LogP contribution is 2.35. The molecule has 4 nitrogen and oxygen atoms in total. The van der Waals surface area contributed by atoms with Crippen molar-refractivity contribution in [1.82, 2.24) is 0 Å². The molecule has 1 fully saturated rings. The van der Waals surface area contributed by atoms with Crippen LogP contribution in [0.25, 0.3) is 0 Å². The van der Waals surface area contributed by atoms with Crippen molar-refractivity contribution in [1.29, 1.82) is 0 Å². The molecule has 150 valence electrons. The van der Waals surface area contributed by atoms with Crippen LogP contribution in [-0.4, -0.2) is 19.1 Å². The molecule has 0 aliphatic heterocycles. The Morgan fingerprint density at radius 1 is 1.15 bits per heavy atom. The molecular weight excluding hydrogens is 463 g/mol. The molecule has 6 heteroatoms. The largest absolute Gasteiger partial charge is 0.726 e. The summed E-state index contributed by atoms with van der Waals surface area (Å²) < 4.78 is 37.7. The van der Waals surface area contributed by atoms with Gasteiger partial charge in [-0.3, -0.25) is 4.18 Å². The second-order valence-corrected chi connectivity index (χ2v) is 10.9. The lowest BCUT2D eigenvalue weighted by Crippen LogP contribution is -2.35. The van der Waals surface area contributed by atoms with Crippen molar-refractivity contribution in [2.45, 2.75) is 72.3 Å². The molecule has 1 aliphatic carbocycles. The first-order valence-corrected chi connectivity index (χ1v) is 11.6. The maximum Gasteiger partial charge on any atom is 0.217 e. The molecule has 3 atom stereocenters. The first kappa shape index (κ1) is 23.9. The fourth-order valence-corrected chi connectivity index (χ4v) is 4.21. The van der Waals surface area contributed by atoms with E-state index in [0.29, 0.717) is 18.3 Å². The van der Waals surface area contributed by atoms with E-state index in [1.165, 1.54) is 9.13 Å². The van der Waals surface area contributed by atoms with Crippen molar-refractivity contribution in [3.05, 3.63) is 33.4 Å². The third-order valence-electron chi connectivity index (χ3n) is 4.91. The summed E-state index contributed by atoms with van der Waals surface area (Å²) in [6.45, 7) is 12.8. The first-order chi connectivity index (χ1) is 11.8. The van der Waals surface area contributed by atoms with E-state index < -0.39 is 16.5 Å².